The lowest BCUT2D eigenvalue weighted by Crippen LogP contribution is -2.22. The number of hydrogen-bond donors (Lipinski definition) is 2. The number of anilines is 1. The Morgan fingerprint density at radius 1 is 1.37 bits per heavy atom. The van der Waals surface area contributed by atoms with Gasteiger partial charge in [0.2, 0.25) is 0 Å². The van der Waals surface area contributed by atoms with Crippen molar-refractivity contribution in [2.75, 3.05) is 11.9 Å². The summed E-state index contributed by atoms with van der Waals surface area (Å²) in [4.78, 5) is 11.0. The summed E-state index contributed by atoms with van der Waals surface area (Å²) in [6.07, 6.45) is -1.21. The Labute approximate surface area is 108 Å². The van der Waals surface area contributed by atoms with Crippen molar-refractivity contribution in [3.8, 4) is 0 Å². The van der Waals surface area contributed by atoms with Crippen molar-refractivity contribution < 1.29 is 23.1 Å². The molecule has 2 N–H and O–H groups in total. The molecule has 0 amide bonds. The van der Waals surface area contributed by atoms with Crippen molar-refractivity contribution in [2.45, 2.75) is 25.4 Å². The maximum absolute atomic E-state index is 12.5. The largest absolute Gasteiger partial charge is 0.478 e. The fraction of sp³-hybridized carbons (Fsp3) is 0.462. The summed E-state index contributed by atoms with van der Waals surface area (Å²) >= 11 is 0. The average molecular weight is 273 g/mol. The third-order valence-electron chi connectivity index (χ3n) is 3.38. The van der Waals surface area contributed by atoms with Crippen molar-refractivity contribution >= 4 is 11.7 Å². The molecule has 0 radical (unpaired) electrons. The van der Waals surface area contributed by atoms with Gasteiger partial charge in [0.05, 0.1) is 11.1 Å². The summed E-state index contributed by atoms with van der Waals surface area (Å²) in [5, 5.41) is 11.9. The van der Waals surface area contributed by atoms with Crippen molar-refractivity contribution in [3.63, 3.8) is 0 Å². The average Bonchev–Trinajstić information content (AvgIpc) is 2.25. The van der Waals surface area contributed by atoms with Gasteiger partial charge in [0.25, 0.3) is 0 Å². The molecule has 0 saturated heterocycles. The molecule has 0 atom stereocenters. The highest BCUT2D eigenvalue weighted by Gasteiger charge is 2.31. The maximum Gasteiger partial charge on any atom is 0.416 e. The van der Waals surface area contributed by atoms with Gasteiger partial charge in [-0.2, -0.15) is 13.2 Å². The van der Waals surface area contributed by atoms with Crippen LogP contribution in [-0.4, -0.2) is 17.6 Å². The van der Waals surface area contributed by atoms with Crippen molar-refractivity contribution in [3.05, 3.63) is 29.3 Å². The van der Waals surface area contributed by atoms with Crippen LogP contribution in [0.15, 0.2) is 18.2 Å². The predicted octanol–water partition coefficient (Wildman–Crippen LogP) is 3.62. The zero-order valence-corrected chi connectivity index (χ0v) is 10.1. The number of carboxylic acids is 1. The summed E-state index contributed by atoms with van der Waals surface area (Å²) in [7, 11) is 0. The van der Waals surface area contributed by atoms with Gasteiger partial charge in [0.1, 0.15) is 0 Å². The Kier molecular flexibility index (Phi) is 3.68. The second-order valence-electron chi connectivity index (χ2n) is 4.74. The highest BCUT2D eigenvalue weighted by atomic mass is 19.4. The van der Waals surface area contributed by atoms with Gasteiger partial charge in [-0.05, 0) is 37.0 Å². The third kappa shape index (κ3) is 3.19. The van der Waals surface area contributed by atoms with E-state index in [1.54, 1.807) is 0 Å². The van der Waals surface area contributed by atoms with Crippen LogP contribution in [0.1, 0.15) is 35.2 Å². The molecular formula is C13H14F3NO2. The van der Waals surface area contributed by atoms with Crippen molar-refractivity contribution in [1.82, 2.24) is 0 Å². The second-order valence-corrected chi connectivity index (χ2v) is 4.74. The number of alkyl halides is 3. The van der Waals surface area contributed by atoms with Crippen molar-refractivity contribution in [1.29, 1.82) is 0 Å². The minimum Gasteiger partial charge on any atom is -0.478 e. The Morgan fingerprint density at radius 3 is 2.53 bits per heavy atom. The Balaban J connectivity index is 2.19. The van der Waals surface area contributed by atoms with Crippen LogP contribution in [0, 0.1) is 5.92 Å². The lowest BCUT2D eigenvalue weighted by Gasteiger charge is -2.26. The molecule has 2 rings (SSSR count). The Hall–Kier alpha value is -1.72. The number of carbonyl (C=O) groups is 1. The van der Waals surface area contributed by atoms with Crippen LogP contribution in [0.2, 0.25) is 0 Å². The van der Waals surface area contributed by atoms with Gasteiger partial charge in [0.15, 0.2) is 0 Å². The van der Waals surface area contributed by atoms with E-state index in [9.17, 15) is 18.0 Å². The summed E-state index contributed by atoms with van der Waals surface area (Å²) in [6.45, 7) is 0.603. The normalized spacial score (nSPS) is 15.9. The van der Waals surface area contributed by atoms with E-state index in [1.165, 1.54) is 6.07 Å². The number of carboxylic acid groups (broad SMARTS) is 1. The van der Waals surface area contributed by atoms with Gasteiger partial charge in [-0.25, -0.2) is 4.79 Å². The highest BCUT2D eigenvalue weighted by Crippen LogP contribution is 2.32. The molecule has 19 heavy (non-hydrogen) atoms. The molecule has 1 aromatic carbocycles. The van der Waals surface area contributed by atoms with Gasteiger partial charge < -0.3 is 10.4 Å². The second kappa shape index (κ2) is 5.11. The summed E-state index contributed by atoms with van der Waals surface area (Å²) < 4.78 is 37.6. The van der Waals surface area contributed by atoms with E-state index in [2.05, 4.69) is 5.32 Å². The Bertz CT molecular complexity index is 481. The molecule has 1 fully saturated rings. The van der Waals surface area contributed by atoms with Crippen LogP contribution in [-0.2, 0) is 6.18 Å². The molecular weight excluding hydrogens is 259 g/mol. The third-order valence-corrected chi connectivity index (χ3v) is 3.38. The first kappa shape index (κ1) is 13.7. The smallest absolute Gasteiger partial charge is 0.416 e. The molecule has 1 aromatic rings. The minimum atomic E-state index is -4.53. The molecule has 0 heterocycles. The lowest BCUT2D eigenvalue weighted by molar-refractivity contribution is -0.137. The summed E-state index contributed by atoms with van der Waals surface area (Å²) in [5.41, 5.74) is -1.04. The molecule has 1 aliphatic carbocycles. The minimum absolute atomic E-state index is 0.243. The van der Waals surface area contributed by atoms with Crippen LogP contribution in [0.3, 0.4) is 0 Å². The van der Waals surface area contributed by atoms with Crippen LogP contribution in [0.4, 0.5) is 18.9 Å². The van der Waals surface area contributed by atoms with Gasteiger partial charge in [-0.3, -0.25) is 0 Å². The highest BCUT2D eigenvalue weighted by molar-refractivity contribution is 5.94. The molecule has 104 valence electrons. The van der Waals surface area contributed by atoms with E-state index >= 15 is 0 Å². The summed E-state index contributed by atoms with van der Waals surface area (Å²) in [5.74, 6) is -0.869. The molecule has 6 heteroatoms. The standard InChI is InChI=1S/C13H14F3NO2/c14-13(15,16)9-4-5-11(10(6-9)12(18)19)17-7-8-2-1-3-8/h4-6,8,17H,1-3,7H2,(H,18,19). The topological polar surface area (TPSA) is 49.3 Å². The zero-order valence-electron chi connectivity index (χ0n) is 10.1. The lowest BCUT2D eigenvalue weighted by atomic mass is 9.85. The fourth-order valence-corrected chi connectivity index (χ4v) is 2.00. The first-order chi connectivity index (χ1) is 8.88. The van der Waals surface area contributed by atoms with Crippen LogP contribution >= 0.6 is 0 Å². The van der Waals surface area contributed by atoms with Gasteiger partial charge in [-0.1, -0.05) is 6.42 Å². The zero-order chi connectivity index (χ0) is 14.0. The quantitative estimate of drug-likeness (QED) is 0.881. The number of aromatic carboxylic acids is 1. The molecule has 0 bridgehead atoms. The maximum atomic E-state index is 12.5. The monoisotopic (exact) mass is 273 g/mol. The Morgan fingerprint density at radius 2 is 2.05 bits per heavy atom. The fourth-order valence-electron chi connectivity index (χ4n) is 2.00. The van der Waals surface area contributed by atoms with Gasteiger partial charge in [0, 0.05) is 12.2 Å². The van der Waals surface area contributed by atoms with Crippen LogP contribution in [0.25, 0.3) is 0 Å². The van der Waals surface area contributed by atoms with E-state index in [1.807, 2.05) is 0 Å². The first-order valence-electron chi connectivity index (χ1n) is 6.06. The van der Waals surface area contributed by atoms with E-state index < -0.39 is 17.7 Å². The van der Waals surface area contributed by atoms with Crippen LogP contribution in [0.5, 0.6) is 0 Å². The van der Waals surface area contributed by atoms with Gasteiger partial charge in [-0.15, -0.1) is 0 Å². The molecule has 0 unspecified atom stereocenters. The summed E-state index contributed by atoms with van der Waals surface area (Å²) in [6, 6.07) is 2.76. The van der Waals surface area contributed by atoms with E-state index in [-0.39, 0.29) is 11.3 Å². The predicted molar refractivity (Wildman–Crippen MR) is 64.2 cm³/mol. The van der Waals surface area contributed by atoms with E-state index in [4.69, 9.17) is 5.11 Å². The number of hydrogen-bond acceptors (Lipinski definition) is 2. The molecule has 1 saturated carbocycles. The van der Waals surface area contributed by atoms with Crippen LogP contribution < -0.4 is 5.32 Å². The molecule has 0 aromatic heterocycles. The van der Waals surface area contributed by atoms with E-state index in [0.717, 1.165) is 25.3 Å². The van der Waals surface area contributed by atoms with Crippen molar-refractivity contribution in [2.24, 2.45) is 5.92 Å². The van der Waals surface area contributed by atoms with E-state index in [0.29, 0.717) is 18.5 Å². The molecule has 0 aliphatic heterocycles. The number of nitrogens with one attached hydrogen (secondary N) is 1. The first-order valence-corrected chi connectivity index (χ1v) is 6.06. The molecule has 1 aliphatic rings. The van der Waals surface area contributed by atoms with Gasteiger partial charge >= 0.3 is 12.1 Å². The SMILES string of the molecule is O=C(O)c1cc(C(F)(F)F)ccc1NCC1CCC1. The number of halogens is 3. The molecule has 0 spiro atoms. The number of rotatable bonds is 4. The number of benzene rings is 1. The molecule has 3 nitrogen and oxygen atoms in total.